The van der Waals surface area contributed by atoms with Crippen LogP contribution in [0.5, 0.6) is 0 Å². The number of benzene rings is 1. The van der Waals surface area contributed by atoms with Crippen molar-refractivity contribution >= 4 is 17.6 Å². The van der Waals surface area contributed by atoms with E-state index in [0.717, 1.165) is 24.1 Å². The summed E-state index contributed by atoms with van der Waals surface area (Å²) in [4.78, 5) is 33.5. The Morgan fingerprint density at radius 1 is 1.32 bits per heavy atom. The molecular formula is C23H29FN2O5. The van der Waals surface area contributed by atoms with Crippen LogP contribution in [0.15, 0.2) is 29.4 Å². The number of hydrogen-bond acceptors (Lipinski definition) is 6. The lowest BCUT2D eigenvalue weighted by Gasteiger charge is -2.42. The van der Waals surface area contributed by atoms with Crippen LogP contribution in [0.2, 0.25) is 0 Å². The summed E-state index contributed by atoms with van der Waals surface area (Å²) in [6.07, 6.45) is 2.75. The molecule has 1 aromatic carbocycles. The Morgan fingerprint density at radius 2 is 2.13 bits per heavy atom. The number of rotatable bonds is 6. The summed E-state index contributed by atoms with van der Waals surface area (Å²) in [7, 11) is 0. The number of oxime groups is 1. The summed E-state index contributed by atoms with van der Waals surface area (Å²) in [5.74, 6) is -0.662. The highest BCUT2D eigenvalue weighted by Gasteiger charge is 2.48. The summed E-state index contributed by atoms with van der Waals surface area (Å²) < 4.78 is 24.0. The predicted molar refractivity (Wildman–Crippen MR) is 111 cm³/mol. The van der Waals surface area contributed by atoms with Crippen LogP contribution >= 0.6 is 0 Å². The first-order valence-corrected chi connectivity index (χ1v) is 11.0. The molecule has 0 saturated carbocycles. The highest BCUT2D eigenvalue weighted by Crippen LogP contribution is 2.39. The second-order valence-corrected chi connectivity index (χ2v) is 8.61. The number of piperidine rings is 1. The maximum absolute atomic E-state index is 13.2. The molecule has 3 unspecified atom stereocenters. The molecule has 1 amide bonds. The topological polar surface area (TPSA) is 77.4 Å². The first kappa shape index (κ1) is 21.7. The predicted octanol–water partition coefficient (Wildman–Crippen LogP) is 2.92. The molecule has 0 bridgehead atoms. The van der Waals surface area contributed by atoms with Crippen LogP contribution in [0.25, 0.3) is 0 Å². The third-order valence-electron chi connectivity index (χ3n) is 6.40. The van der Waals surface area contributed by atoms with Crippen LogP contribution in [0.4, 0.5) is 4.39 Å². The fourth-order valence-electron chi connectivity index (χ4n) is 4.79. The number of nitrogens with zero attached hydrogens (tertiary/aromatic N) is 2. The van der Waals surface area contributed by atoms with E-state index < -0.39 is 5.41 Å². The Hall–Kier alpha value is -2.48. The molecule has 2 saturated heterocycles. The second kappa shape index (κ2) is 9.34. The molecule has 2 fully saturated rings. The first-order valence-electron chi connectivity index (χ1n) is 11.0. The van der Waals surface area contributed by atoms with E-state index in [2.05, 4.69) is 5.16 Å². The highest BCUT2D eigenvalue weighted by molar-refractivity contribution is 6.01. The highest BCUT2D eigenvalue weighted by atomic mass is 19.1. The van der Waals surface area contributed by atoms with Crippen LogP contribution < -0.4 is 0 Å². The Balaban J connectivity index is 1.47. The van der Waals surface area contributed by atoms with Gasteiger partial charge in [0.1, 0.15) is 11.9 Å². The van der Waals surface area contributed by atoms with E-state index in [1.165, 1.54) is 12.1 Å². The molecule has 7 nitrogen and oxygen atoms in total. The lowest BCUT2D eigenvalue weighted by atomic mass is 9.74. The molecule has 0 aliphatic carbocycles. The normalized spacial score (nSPS) is 28.2. The largest absolute Gasteiger partial charge is 0.466 e. The molecule has 0 spiro atoms. The molecule has 31 heavy (non-hydrogen) atoms. The van der Waals surface area contributed by atoms with Gasteiger partial charge in [0, 0.05) is 32.5 Å². The van der Waals surface area contributed by atoms with Gasteiger partial charge in [-0.15, -0.1) is 0 Å². The van der Waals surface area contributed by atoms with E-state index >= 15 is 0 Å². The number of halogens is 1. The second-order valence-electron chi connectivity index (χ2n) is 8.61. The molecular weight excluding hydrogens is 403 g/mol. The van der Waals surface area contributed by atoms with Crippen molar-refractivity contribution in [2.75, 3.05) is 32.9 Å². The van der Waals surface area contributed by atoms with Gasteiger partial charge in [-0.2, -0.15) is 0 Å². The Morgan fingerprint density at radius 3 is 2.84 bits per heavy atom. The number of likely N-dealkylation sites (tertiary alicyclic amines) is 1. The smallest absolute Gasteiger partial charge is 0.314 e. The van der Waals surface area contributed by atoms with E-state index in [9.17, 15) is 14.0 Å². The summed E-state index contributed by atoms with van der Waals surface area (Å²) in [6, 6.07) is 6.13. The van der Waals surface area contributed by atoms with Crippen molar-refractivity contribution in [1.29, 1.82) is 0 Å². The lowest BCUT2D eigenvalue weighted by molar-refractivity contribution is -0.164. The molecule has 168 valence electrons. The molecule has 0 radical (unpaired) electrons. The van der Waals surface area contributed by atoms with Crippen molar-refractivity contribution < 1.29 is 28.3 Å². The van der Waals surface area contributed by atoms with Gasteiger partial charge >= 0.3 is 5.97 Å². The monoisotopic (exact) mass is 432 g/mol. The van der Waals surface area contributed by atoms with Gasteiger partial charge in [-0.1, -0.05) is 17.3 Å². The molecule has 1 aromatic rings. The SMILES string of the molecule is CCOC(=O)C1(CC2CC(c3ccc(F)cc3)=NO2)CCCN(C(=O)C2CCOC2)C1. The van der Waals surface area contributed by atoms with Crippen LogP contribution in [0, 0.1) is 17.2 Å². The van der Waals surface area contributed by atoms with Crippen LogP contribution in [-0.4, -0.2) is 61.5 Å². The fourth-order valence-corrected chi connectivity index (χ4v) is 4.79. The average molecular weight is 432 g/mol. The molecule has 3 heterocycles. The van der Waals surface area contributed by atoms with Crippen molar-refractivity contribution in [2.24, 2.45) is 16.5 Å². The van der Waals surface area contributed by atoms with Crippen LogP contribution in [-0.2, 0) is 23.9 Å². The zero-order valence-corrected chi connectivity index (χ0v) is 17.8. The number of carbonyl (C=O) groups is 2. The molecule has 8 heteroatoms. The van der Waals surface area contributed by atoms with E-state index in [1.807, 2.05) is 0 Å². The third kappa shape index (κ3) is 4.74. The zero-order valence-electron chi connectivity index (χ0n) is 17.8. The van der Waals surface area contributed by atoms with Crippen molar-refractivity contribution in [2.45, 2.75) is 45.1 Å². The standard InChI is InChI=1S/C23H29FN2O5/c1-2-30-22(28)23(9-3-10-26(15-23)21(27)17-8-11-29-14-17)13-19-12-20(25-31-19)16-4-6-18(24)7-5-16/h4-7,17,19H,2-3,8-15H2,1H3. The quantitative estimate of drug-likeness (QED) is 0.646. The first-order chi connectivity index (χ1) is 15.0. The fraction of sp³-hybridized carbons (Fsp3) is 0.609. The lowest BCUT2D eigenvalue weighted by Crippen LogP contribution is -2.53. The molecule has 0 N–H and O–H groups in total. The van der Waals surface area contributed by atoms with Gasteiger partial charge in [0.15, 0.2) is 0 Å². The number of carbonyl (C=O) groups excluding carboxylic acids is 2. The molecule has 3 aliphatic heterocycles. The van der Waals surface area contributed by atoms with Crippen LogP contribution in [0.3, 0.4) is 0 Å². The molecule has 3 atom stereocenters. The molecule has 0 aromatic heterocycles. The Bertz CT molecular complexity index is 837. The summed E-state index contributed by atoms with van der Waals surface area (Å²) >= 11 is 0. The van der Waals surface area contributed by atoms with Gasteiger partial charge in [-0.3, -0.25) is 9.59 Å². The summed E-state index contributed by atoms with van der Waals surface area (Å²) in [6.45, 7) is 4.09. The third-order valence-corrected chi connectivity index (χ3v) is 6.40. The maximum atomic E-state index is 13.2. The van der Waals surface area contributed by atoms with Crippen molar-refractivity contribution in [3.05, 3.63) is 35.6 Å². The van der Waals surface area contributed by atoms with Gasteiger partial charge in [-0.25, -0.2) is 4.39 Å². The summed E-state index contributed by atoms with van der Waals surface area (Å²) in [5.41, 5.74) is 0.716. The molecule has 3 aliphatic rings. The Labute approximate surface area is 181 Å². The minimum atomic E-state index is -0.818. The van der Waals surface area contributed by atoms with E-state index in [-0.39, 0.29) is 36.3 Å². The summed E-state index contributed by atoms with van der Waals surface area (Å²) in [5, 5.41) is 4.18. The van der Waals surface area contributed by atoms with Gasteiger partial charge in [0.05, 0.1) is 30.3 Å². The maximum Gasteiger partial charge on any atom is 0.314 e. The van der Waals surface area contributed by atoms with Crippen LogP contribution in [0.1, 0.15) is 44.6 Å². The zero-order chi connectivity index (χ0) is 21.8. The number of ether oxygens (including phenoxy) is 2. The van der Waals surface area contributed by atoms with Crippen molar-refractivity contribution in [3.63, 3.8) is 0 Å². The number of esters is 1. The van der Waals surface area contributed by atoms with E-state index in [1.54, 1.807) is 24.0 Å². The Kier molecular flexibility index (Phi) is 6.55. The van der Waals surface area contributed by atoms with E-state index in [0.29, 0.717) is 45.6 Å². The van der Waals surface area contributed by atoms with Crippen molar-refractivity contribution in [3.8, 4) is 0 Å². The van der Waals surface area contributed by atoms with E-state index in [4.69, 9.17) is 14.3 Å². The molecule has 4 rings (SSSR count). The van der Waals surface area contributed by atoms with Gasteiger partial charge < -0.3 is 19.2 Å². The van der Waals surface area contributed by atoms with Crippen molar-refractivity contribution in [1.82, 2.24) is 4.90 Å². The average Bonchev–Trinajstić information content (AvgIpc) is 3.47. The van der Waals surface area contributed by atoms with Gasteiger partial charge in [-0.05, 0) is 43.9 Å². The minimum absolute atomic E-state index is 0.0569. The number of amides is 1. The minimum Gasteiger partial charge on any atom is -0.466 e. The van der Waals surface area contributed by atoms with Gasteiger partial charge in [0.2, 0.25) is 5.91 Å². The van der Waals surface area contributed by atoms with Gasteiger partial charge in [0.25, 0.3) is 0 Å². The number of hydrogen-bond donors (Lipinski definition) is 0.